The molecule has 5 aromatic rings. The summed E-state index contributed by atoms with van der Waals surface area (Å²) in [6.45, 7) is 16.9. The number of nitrogen functional groups attached to an aromatic ring is 1. The van der Waals surface area contributed by atoms with E-state index in [0.717, 1.165) is 37.6 Å². The summed E-state index contributed by atoms with van der Waals surface area (Å²) in [5.74, 6) is -16.4. The number of hydrogen-bond acceptors (Lipinski definition) is 30. The SMILES string of the molecule is C=C1C[C@H]2C=Nc3cc(OCCCCCOc4cc5c(cc4OC)C(=C)N4CC(=C)C[C@H]4[C@H](O)N5C(=O)OC[C@@H](SSC[C@H](NC(=O)[C@H](CC(=O)O)NC(=O)[C@H](CC(=O)O)NC(=O)[C@H](CCCNC(=N)N)NC(=O)[C@H](CC(=O)O)NC(=O)CC[C@H](NC(=O)c4ccc(NCc5cnc6nc(N)[nH]c(=O)c6n5)cc4)C(=O)O)C(=O)O)C(C)C)c(OC)cc3C(=O)N2C1. The molecule has 0 saturated carbocycles. The molecule has 4 aliphatic heterocycles. The highest BCUT2D eigenvalue weighted by molar-refractivity contribution is 8.77. The van der Waals surface area contributed by atoms with Gasteiger partial charge in [0.2, 0.25) is 35.5 Å². The normalized spacial score (nSPS) is 16.7. The smallest absolute Gasteiger partial charge is 0.416 e. The second-order valence-electron chi connectivity index (χ2n) is 29.9. The van der Waals surface area contributed by atoms with Crippen LogP contribution in [0.15, 0.2) is 95.4 Å². The Hall–Kier alpha value is -13.8. The number of carboxylic acid groups (broad SMARTS) is 5. The molecule has 6 heterocycles. The number of benzene rings is 3. The van der Waals surface area contributed by atoms with Crippen LogP contribution in [0, 0.1) is 11.3 Å². The van der Waals surface area contributed by atoms with E-state index in [4.69, 9.17) is 40.6 Å². The summed E-state index contributed by atoms with van der Waals surface area (Å²) in [7, 11) is 4.87. The number of H-pyrrole nitrogens is 1. The fourth-order valence-electron chi connectivity index (χ4n) is 13.7. The largest absolute Gasteiger partial charge is 0.493 e. The first kappa shape index (κ1) is 96.0. The van der Waals surface area contributed by atoms with Gasteiger partial charge >= 0.3 is 35.9 Å². The third-order valence-corrected chi connectivity index (χ3v) is 23.3. The van der Waals surface area contributed by atoms with Crippen molar-refractivity contribution in [3.63, 3.8) is 0 Å². The molecule has 2 fully saturated rings. The number of nitrogens with one attached hydrogen (secondary N) is 10. The first-order valence-electron chi connectivity index (χ1n) is 39.5. The molecule has 0 radical (unpaired) electrons. The number of nitrogens with two attached hydrogens (primary N) is 2. The van der Waals surface area contributed by atoms with Crippen LogP contribution in [0.3, 0.4) is 0 Å². The molecule has 676 valence electrons. The van der Waals surface area contributed by atoms with E-state index in [1.165, 1.54) is 44.7 Å². The molecule has 3 aromatic carbocycles. The van der Waals surface area contributed by atoms with Gasteiger partial charge in [0.05, 0.1) is 99.4 Å². The molecular formula is C80H99N19O25S2. The van der Waals surface area contributed by atoms with Crippen LogP contribution in [0.5, 0.6) is 23.0 Å². The van der Waals surface area contributed by atoms with Crippen LogP contribution in [0.2, 0.25) is 0 Å². The van der Waals surface area contributed by atoms with Crippen molar-refractivity contribution in [1.29, 1.82) is 5.41 Å². The van der Waals surface area contributed by atoms with Crippen LogP contribution in [0.25, 0.3) is 16.9 Å². The standard InChI is InChI=1S/C80H99N19O25S2/c1-38(2)61(36-124-80(119)99-55-30-60(57(120-6)24-46(55)41(5)97-34-40(4)23-56(97)75(99)114)123-21-10-8-9-20-122-59-26-50-47(25-58(59)121-7)74(113)98-35-39(3)22-45(98)33-86-50)126-125-37-54(77(117)118)94-72(111)53(29-65(105)106)93-71(110)52(28-64(103)104)92-69(108)48(12-11-19-84-78(81)82)90-70(109)51(27-63(101)102)89-62(100)18-17-49(76(115)116)91-68(107)42-13-15-43(16-14-42)85-31-44-32-87-67-66(88-44)73(112)96-79(83)95-67/h13-16,24-26,30,32-33,38,45,48-49,51-54,56,61,75,85,114H,3-5,8-12,17-23,27-29,31,34-37H2,1-2,6-7H3,(H,89,100)(H,90,109)(H,91,107)(H,92,108)(H,93,110)(H,94,111)(H,101,102)(H,103,104)(H,105,106)(H,115,116)(H,117,118)(H4,81,82,84)(H3,83,87,95,96,112)/t45-,48-,49-,51-,52-,53-,54-,56-,61+,75-/m0/s1. The maximum atomic E-state index is 14.7. The van der Waals surface area contributed by atoms with Crippen molar-refractivity contribution in [1.82, 2.24) is 67.0 Å². The minimum absolute atomic E-state index is 0.0261. The second kappa shape index (κ2) is 44.5. The van der Waals surface area contributed by atoms with Crippen LogP contribution in [-0.4, -0.2) is 269 Å². The number of guanidine groups is 1. The topological polar surface area (TPSA) is 655 Å². The summed E-state index contributed by atoms with van der Waals surface area (Å²) < 4.78 is 29.8. The van der Waals surface area contributed by atoms with Gasteiger partial charge < -0.3 is 118 Å². The number of anilines is 3. The molecule has 46 heteroatoms. The van der Waals surface area contributed by atoms with Crippen LogP contribution >= 0.6 is 21.6 Å². The number of aliphatic imine (C=N–C) groups is 1. The highest BCUT2D eigenvalue weighted by Crippen LogP contribution is 2.47. The summed E-state index contributed by atoms with van der Waals surface area (Å²) in [5, 5.41) is 87.8. The number of fused-ring (bicyclic) bond motifs is 5. The van der Waals surface area contributed by atoms with Crippen molar-refractivity contribution in [2.75, 3.05) is 75.4 Å². The van der Waals surface area contributed by atoms with Crippen molar-refractivity contribution in [3.8, 4) is 23.0 Å². The Kier molecular flexibility index (Phi) is 33.9. The number of carbonyl (C=O) groups is 13. The number of rotatable bonds is 46. The lowest BCUT2D eigenvalue weighted by atomic mass is 10.1. The van der Waals surface area contributed by atoms with Gasteiger partial charge in [0.1, 0.15) is 42.9 Å². The van der Waals surface area contributed by atoms with Crippen LogP contribution < -0.4 is 83.4 Å². The Morgan fingerprint density at radius 2 is 1.25 bits per heavy atom. The van der Waals surface area contributed by atoms with Gasteiger partial charge in [0.25, 0.3) is 17.4 Å². The van der Waals surface area contributed by atoms with E-state index >= 15 is 0 Å². The number of nitrogens with zero attached hydrogens (tertiary/aromatic N) is 7. The molecule has 0 unspecified atom stereocenters. The van der Waals surface area contributed by atoms with Gasteiger partial charge in [-0.05, 0) is 93.7 Å². The average molecular weight is 1790 g/mol. The Balaban J connectivity index is 0.784. The van der Waals surface area contributed by atoms with E-state index < -0.39 is 181 Å². The van der Waals surface area contributed by atoms with Crippen molar-refractivity contribution in [2.45, 2.75) is 157 Å². The molecule has 20 N–H and O–H groups in total. The molecule has 0 aliphatic carbocycles. The number of ether oxygens (including phenoxy) is 5. The lowest BCUT2D eigenvalue weighted by molar-refractivity contribution is -0.144. The van der Waals surface area contributed by atoms with E-state index in [9.17, 15) is 97.8 Å². The van der Waals surface area contributed by atoms with Crippen molar-refractivity contribution >= 4 is 151 Å². The number of aliphatic hydroxyl groups excluding tert-OH is 1. The van der Waals surface area contributed by atoms with E-state index in [1.807, 2.05) is 10.2 Å². The molecule has 8 amide bonds. The van der Waals surface area contributed by atoms with E-state index in [-0.39, 0.29) is 97.7 Å². The highest BCUT2D eigenvalue weighted by Gasteiger charge is 2.46. The summed E-state index contributed by atoms with van der Waals surface area (Å²) in [4.78, 5) is 209. The van der Waals surface area contributed by atoms with E-state index in [0.29, 0.717) is 89.9 Å². The Morgan fingerprint density at radius 3 is 1.84 bits per heavy atom. The Labute approximate surface area is 727 Å². The monoisotopic (exact) mass is 1790 g/mol. The van der Waals surface area contributed by atoms with Crippen molar-refractivity contribution in [2.24, 2.45) is 16.6 Å². The van der Waals surface area contributed by atoms with Gasteiger partial charge in [-0.25, -0.2) is 29.3 Å². The fourth-order valence-corrected chi connectivity index (χ4v) is 16.6. The van der Waals surface area contributed by atoms with Gasteiger partial charge in [-0.3, -0.25) is 68.1 Å². The maximum absolute atomic E-state index is 14.7. The van der Waals surface area contributed by atoms with Crippen LogP contribution in [-0.2, 0) is 59.2 Å². The van der Waals surface area contributed by atoms with Crippen molar-refractivity contribution in [3.05, 3.63) is 118 Å². The first-order chi connectivity index (χ1) is 59.9. The first-order valence-corrected chi connectivity index (χ1v) is 41.9. The van der Waals surface area contributed by atoms with Gasteiger partial charge in [-0.15, -0.1) is 0 Å². The van der Waals surface area contributed by atoms with E-state index in [1.54, 1.807) is 49.2 Å². The van der Waals surface area contributed by atoms with Gasteiger partial charge in [0.15, 0.2) is 46.3 Å². The van der Waals surface area contributed by atoms with E-state index in [2.05, 4.69) is 81.9 Å². The average Bonchev–Trinajstić information content (AvgIpc) is 1.60. The molecule has 4 aliphatic rings. The second-order valence-corrected chi connectivity index (χ2v) is 32.6. The summed E-state index contributed by atoms with van der Waals surface area (Å²) in [6.07, 6.45) is -2.44. The predicted molar refractivity (Wildman–Crippen MR) is 457 cm³/mol. The van der Waals surface area contributed by atoms with Gasteiger partial charge in [-0.2, -0.15) is 4.98 Å². The lowest BCUT2D eigenvalue weighted by Gasteiger charge is -2.33. The zero-order valence-electron chi connectivity index (χ0n) is 68.9. The zero-order valence-corrected chi connectivity index (χ0v) is 70.6. The number of hydrogen-bond donors (Lipinski definition) is 18. The van der Waals surface area contributed by atoms with Gasteiger partial charge in [-0.1, -0.05) is 66.3 Å². The van der Waals surface area contributed by atoms with Gasteiger partial charge in [0, 0.05) is 72.7 Å². The minimum Gasteiger partial charge on any atom is -0.493 e. The number of amides is 8. The highest BCUT2D eigenvalue weighted by atomic mass is 33.1. The molecule has 0 spiro atoms. The third kappa shape index (κ3) is 26.1. The Morgan fingerprint density at radius 1 is 0.675 bits per heavy atom. The Bertz CT molecular complexity index is 5110. The van der Waals surface area contributed by atoms with Crippen molar-refractivity contribution < 1.29 is 117 Å². The third-order valence-electron chi connectivity index (χ3n) is 20.2. The van der Waals surface area contributed by atoms with Crippen LogP contribution in [0.4, 0.5) is 27.8 Å². The molecule has 0 bridgehead atoms. The summed E-state index contributed by atoms with van der Waals surface area (Å²) in [6, 6.07) is -0.648. The summed E-state index contributed by atoms with van der Waals surface area (Å²) >= 11 is 0. The summed E-state index contributed by atoms with van der Waals surface area (Å²) in [5.41, 5.74) is 14.7. The number of carboxylic acids is 5. The molecule has 9 rings (SSSR count). The molecule has 2 saturated heterocycles. The molecule has 10 atom stereocenters. The predicted octanol–water partition coefficient (Wildman–Crippen LogP) is 2.18. The lowest BCUT2D eigenvalue weighted by Crippen LogP contribution is -2.59. The number of aromatic amines is 1. The minimum atomic E-state index is -2.22. The quantitative estimate of drug-likeness (QED) is 0.00873. The molecule has 126 heavy (non-hydrogen) atoms. The number of aliphatic hydroxyl groups is 1. The maximum Gasteiger partial charge on any atom is 0.416 e. The number of unbranched alkanes of at least 4 members (excludes halogenated alkanes) is 2. The molecule has 2 aromatic heterocycles. The molecular weight excluding hydrogens is 1690 g/mol. The number of methoxy groups -OCH3 is 2. The molecule has 44 nitrogen and oxygen atoms in total. The number of carbonyl (C=O) groups excluding carboxylic acids is 8. The number of aromatic nitrogens is 4. The zero-order chi connectivity index (χ0) is 91.9. The van der Waals surface area contributed by atoms with Crippen LogP contribution in [0.1, 0.15) is 123 Å². The fraction of sp³-hybridized carbons (Fsp3) is 0.438. The number of aliphatic carboxylic acids is 5.